The van der Waals surface area contributed by atoms with E-state index in [1.54, 1.807) is 4.70 Å². The zero-order valence-electron chi connectivity index (χ0n) is 80.4. The molecule has 0 bridgehead atoms. The minimum atomic E-state index is 0.876. The molecule has 1 aliphatic rings. The van der Waals surface area contributed by atoms with Crippen molar-refractivity contribution in [1.29, 1.82) is 0 Å². The summed E-state index contributed by atoms with van der Waals surface area (Å²) >= 11 is 1.31. The van der Waals surface area contributed by atoms with Gasteiger partial charge in [0.2, 0.25) is 11.4 Å². The Hall–Kier alpha value is -3.75. The summed E-state index contributed by atoms with van der Waals surface area (Å²) in [6.45, 7) is 18.1. The van der Waals surface area contributed by atoms with Gasteiger partial charge in [0.15, 0.2) is 0 Å². The average molecular weight is 1670 g/mol. The molecule has 0 atom stereocenters. The van der Waals surface area contributed by atoms with E-state index in [1.165, 1.54) is 511 Å². The van der Waals surface area contributed by atoms with Crippen LogP contribution in [0.1, 0.15) is 609 Å². The van der Waals surface area contributed by atoms with Crippen LogP contribution in [0.4, 0.5) is 0 Å². The Morgan fingerprint density at radius 1 is 0.229 bits per heavy atom. The molecule has 2 nitrogen and oxygen atoms in total. The molecule has 2 aromatic carbocycles. The molecule has 0 saturated heterocycles. The number of hydrogen-bond donors (Lipinski definition) is 0. The van der Waals surface area contributed by atoms with Crippen LogP contribution in [0, 0.1) is 45.3 Å². The zero-order valence-corrected chi connectivity index (χ0v) is 81.4. The van der Waals surface area contributed by atoms with Crippen LogP contribution >= 0.6 is 0 Å². The van der Waals surface area contributed by atoms with Crippen molar-refractivity contribution in [3.8, 4) is 45.3 Å². The summed E-state index contributed by atoms with van der Waals surface area (Å²) < 4.78 is 1.58. The van der Waals surface area contributed by atoms with E-state index in [9.17, 15) is 5.53 Å². The summed E-state index contributed by atoms with van der Waals surface area (Å²) in [5.41, 5.74) is 24.2. The third-order valence-corrected chi connectivity index (χ3v) is 25.8. The molecule has 1 aliphatic heterocycles. The molecule has 0 aromatic heterocycles. The molecule has 0 fully saturated rings. The van der Waals surface area contributed by atoms with E-state index in [1.807, 2.05) is 0 Å². The first-order chi connectivity index (χ1) is 58.4. The quantitative estimate of drug-likeness (QED) is 0.0273. The number of allylic oxidation sites excluding steroid dienone is 2. The topological polar surface area (TPSA) is 25.3 Å². The maximum atomic E-state index is 12.7. The van der Waals surface area contributed by atoms with Crippen molar-refractivity contribution >= 4 is 11.4 Å². The minimum absolute atomic E-state index is 0.876. The fraction of sp³-hybridized carbons (Fsp3) is 0.791. The molecule has 118 heavy (non-hydrogen) atoms. The first-order valence-electron chi connectivity index (χ1n) is 53.1. The molecular formula is C115H196N2Ni. The molecule has 1 heterocycles. The van der Waals surface area contributed by atoms with Crippen LogP contribution in [0.5, 0.6) is 0 Å². The summed E-state index contributed by atoms with van der Waals surface area (Å²) in [6, 6.07) is 14.0. The van der Waals surface area contributed by atoms with Crippen molar-refractivity contribution < 1.29 is 19.1 Å². The number of aryl methyl sites for hydroxylation is 2. The van der Waals surface area contributed by atoms with Crippen molar-refractivity contribution in [3.63, 3.8) is 0 Å². The second-order valence-corrected chi connectivity index (χ2v) is 37.5. The Balaban J connectivity index is 0.00000161. The molecule has 3 heteroatoms. The van der Waals surface area contributed by atoms with Gasteiger partial charge < -0.3 is 5.53 Å². The second kappa shape index (κ2) is 88.1. The second-order valence-electron chi connectivity index (χ2n) is 36.8. The van der Waals surface area contributed by atoms with Gasteiger partial charge in [0.05, 0.1) is 0 Å². The molecule has 3 rings (SSSR count). The fourth-order valence-corrected chi connectivity index (χ4v) is 18.0. The first kappa shape index (κ1) is 110. The van der Waals surface area contributed by atoms with E-state index in [-0.39, 0.29) is 0 Å². The van der Waals surface area contributed by atoms with Crippen LogP contribution in [0.2, 0.25) is 0 Å². The van der Waals surface area contributed by atoms with Gasteiger partial charge in [0, 0.05) is 46.2 Å². The molecule has 0 radical (unpaired) electrons. The Morgan fingerprint density at radius 3 is 0.720 bits per heavy atom. The van der Waals surface area contributed by atoms with Gasteiger partial charge in [-0.3, -0.25) is 0 Å². The van der Waals surface area contributed by atoms with Crippen LogP contribution in [-0.2, 0) is 27.3 Å². The molecule has 0 amide bonds. The molecule has 0 spiro atoms. The van der Waals surface area contributed by atoms with Crippen LogP contribution in [0.3, 0.4) is 0 Å². The maximum absolute atomic E-state index is 12.7. The van der Waals surface area contributed by atoms with Gasteiger partial charge in [-0.25, -0.2) is 4.70 Å². The Kier molecular flexibility index (Phi) is 82.4. The van der Waals surface area contributed by atoms with Crippen molar-refractivity contribution in [2.75, 3.05) is 0 Å². The predicted octanol–water partition coefficient (Wildman–Crippen LogP) is 39.4. The summed E-state index contributed by atoms with van der Waals surface area (Å²) in [7, 11) is 0. The fourth-order valence-electron chi connectivity index (χ4n) is 17.6. The van der Waals surface area contributed by atoms with Gasteiger partial charge in [0.1, 0.15) is 0 Å². The number of nitrogens with zero attached hydrogens (tertiary/aromatic N) is 2. The number of hydrogen-bond acceptors (Lipinski definition) is 0. The van der Waals surface area contributed by atoms with Crippen LogP contribution in [0.15, 0.2) is 47.5 Å². The molecule has 0 unspecified atom stereocenters. The van der Waals surface area contributed by atoms with Crippen molar-refractivity contribution in [2.45, 2.75) is 588 Å². The Morgan fingerprint density at radius 2 is 0.458 bits per heavy atom. The van der Waals surface area contributed by atoms with E-state index in [4.69, 9.17) is 0 Å². The number of benzene rings is 2. The summed E-state index contributed by atoms with van der Waals surface area (Å²) in [6.07, 6.45) is 113. The van der Waals surface area contributed by atoms with Gasteiger partial charge in [-0.2, -0.15) is 0 Å². The van der Waals surface area contributed by atoms with E-state index >= 15 is 0 Å². The van der Waals surface area contributed by atoms with Gasteiger partial charge in [0.25, 0.3) is 0 Å². The number of rotatable bonds is 81. The summed E-state index contributed by atoms with van der Waals surface area (Å²) in [5.74, 6) is 20.3. The van der Waals surface area contributed by atoms with E-state index in [2.05, 4.69) is 137 Å². The van der Waals surface area contributed by atoms with Crippen LogP contribution < -0.4 is 0 Å². The third-order valence-electron chi connectivity index (χ3n) is 25.2. The SMILES string of the molecule is CCCC#Cc1cc(C#CCCC)cc(C2=C(CCCCCC)C(C)=C(c3cc(CCCCCCCCCCCCCCCCCCCCCCCCCCCCC)cc(CCCCCCCCCCCCCCCCCCCCCCCCCCCCC)c3)[N+]2=[N-])c1.CCCCCCCCCCC#[C][Ni][C]#CCCCCCCCCCC. The molecule has 0 N–H and O–H groups in total. The van der Waals surface area contributed by atoms with Gasteiger partial charge in [-0.15, -0.1) is 0 Å². The van der Waals surface area contributed by atoms with Gasteiger partial charge in [-0.1, -0.05) is 418 Å². The third kappa shape index (κ3) is 66.8. The van der Waals surface area contributed by atoms with Crippen LogP contribution in [0.25, 0.3) is 16.9 Å². The van der Waals surface area contributed by atoms with E-state index in [0.29, 0.717) is 0 Å². The number of unbranched alkanes of at least 4 members (excludes halogenated alkanes) is 73. The Bertz CT molecular complexity index is 2770. The zero-order chi connectivity index (χ0) is 84.6. The average Bonchev–Trinajstić information content (AvgIpc) is 1.61. The van der Waals surface area contributed by atoms with E-state index in [0.717, 1.165) is 92.3 Å². The first-order valence-corrected chi connectivity index (χ1v) is 54.1. The monoisotopic (exact) mass is 1660 g/mol. The predicted molar refractivity (Wildman–Crippen MR) is 526 cm³/mol. The van der Waals surface area contributed by atoms with Crippen molar-refractivity contribution in [1.82, 2.24) is 0 Å². The molecule has 0 aliphatic carbocycles. The van der Waals surface area contributed by atoms with E-state index < -0.39 is 0 Å². The van der Waals surface area contributed by atoms with Crippen molar-refractivity contribution in [2.24, 2.45) is 0 Å². The molecule has 2 aromatic rings. The Labute approximate surface area is 745 Å². The van der Waals surface area contributed by atoms with Crippen molar-refractivity contribution in [3.05, 3.63) is 86.5 Å². The summed E-state index contributed by atoms with van der Waals surface area (Å²) in [5, 5.41) is 0. The summed E-state index contributed by atoms with van der Waals surface area (Å²) in [4.78, 5) is 6.30. The standard InChI is InChI=1S/C91H154N2.2C12H21.Ni/c1-7-12-17-20-22-24-26-28-30-32-34-36-38-40-42-44-46-48-50-52-54-56-58-60-62-64-68-73-85-77-86(74-69-65-63-61-59-57-55-53-51-49-47-45-43-41-39-37-35-33-31-29-27-25-23-21-18-13-8-2)79-87(78-85)90-82(6)89(75-70-19-14-9-3)91(93(90)92)88-80-83(71-66-15-10-4)76-84(81-88)72-67-16-11-5;2*1-3-5-7-9-11-12-10-8-6-4-2;/h76-81H,7-65,68-70,73-75H2,1-6H3;2*3,5-12H2,1H3;. The van der Waals surface area contributed by atoms with Crippen LogP contribution in [-0.4, -0.2) is 4.70 Å². The normalized spacial score (nSPS) is 11.9. The molecule has 0 saturated carbocycles. The van der Waals surface area contributed by atoms with Gasteiger partial charge >= 0.3 is 165 Å². The molecule has 676 valence electrons. The van der Waals surface area contributed by atoms with Gasteiger partial charge in [-0.05, 0) is 99.7 Å². The molecular weight excluding hydrogens is 1470 g/mol.